The van der Waals surface area contributed by atoms with Gasteiger partial charge >= 0.3 is 5.97 Å². The SMILES string of the molecule is C=C1CC[C@@H]2[C@](C)(CO)[C@H](O)CC[C@@]2(C)[C@@H]1/C=C/C1=CC(=C/c2ccccc2)/OC1=O. The van der Waals surface area contributed by atoms with Gasteiger partial charge in [-0.05, 0) is 54.7 Å². The van der Waals surface area contributed by atoms with Crippen LogP contribution in [0.4, 0.5) is 0 Å². The van der Waals surface area contributed by atoms with Gasteiger partial charge in [-0.3, -0.25) is 0 Å². The molecule has 1 aromatic carbocycles. The summed E-state index contributed by atoms with van der Waals surface area (Å²) in [5, 5.41) is 20.8. The Morgan fingerprint density at radius 3 is 2.68 bits per heavy atom. The minimum atomic E-state index is -0.517. The average Bonchev–Trinajstić information content (AvgIpc) is 3.10. The highest BCUT2D eigenvalue weighted by Gasteiger charge is 2.57. The zero-order valence-corrected chi connectivity index (χ0v) is 18.4. The number of hydrogen-bond donors (Lipinski definition) is 2. The number of aliphatic hydroxyl groups is 2. The fourth-order valence-electron chi connectivity index (χ4n) is 6.00. The number of rotatable bonds is 4. The fourth-order valence-corrected chi connectivity index (χ4v) is 6.00. The van der Waals surface area contributed by atoms with E-state index in [1.165, 1.54) is 0 Å². The van der Waals surface area contributed by atoms with Gasteiger partial charge in [0.2, 0.25) is 0 Å². The van der Waals surface area contributed by atoms with Crippen LogP contribution in [0, 0.1) is 22.7 Å². The summed E-state index contributed by atoms with van der Waals surface area (Å²) < 4.78 is 5.43. The summed E-state index contributed by atoms with van der Waals surface area (Å²) in [6.45, 7) is 8.57. The Bertz CT molecular complexity index is 957. The van der Waals surface area contributed by atoms with Crippen LogP contribution in [0.2, 0.25) is 0 Å². The van der Waals surface area contributed by atoms with E-state index >= 15 is 0 Å². The molecule has 0 radical (unpaired) electrons. The van der Waals surface area contributed by atoms with E-state index in [9.17, 15) is 15.0 Å². The van der Waals surface area contributed by atoms with Gasteiger partial charge in [-0.25, -0.2) is 4.79 Å². The largest absolute Gasteiger partial charge is 0.423 e. The van der Waals surface area contributed by atoms with Crippen molar-refractivity contribution in [1.29, 1.82) is 0 Å². The summed E-state index contributed by atoms with van der Waals surface area (Å²) in [5.41, 5.74) is 2.03. The number of ether oxygens (including phenoxy) is 1. The van der Waals surface area contributed by atoms with E-state index in [1.54, 1.807) is 6.08 Å². The maximum atomic E-state index is 12.4. The lowest BCUT2D eigenvalue weighted by molar-refractivity contribution is -0.145. The maximum absolute atomic E-state index is 12.4. The number of allylic oxidation sites excluding steroid dienone is 3. The Morgan fingerprint density at radius 1 is 1.23 bits per heavy atom. The summed E-state index contributed by atoms with van der Waals surface area (Å²) >= 11 is 0. The molecule has 0 saturated heterocycles. The molecular weight excluding hydrogens is 388 g/mol. The normalized spacial score (nSPS) is 37.1. The molecule has 1 aromatic rings. The van der Waals surface area contributed by atoms with Gasteiger partial charge in [0.25, 0.3) is 0 Å². The third-order valence-electron chi connectivity index (χ3n) is 7.88. The lowest BCUT2D eigenvalue weighted by Crippen LogP contribution is -2.57. The highest BCUT2D eigenvalue weighted by Crippen LogP contribution is 2.61. The van der Waals surface area contributed by atoms with Crippen molar-refractivity contribution >= 4 is 12.0 Å². The molecule has 0 bridgehead atoms. The number of carbonyl (C=O) groups excluding carboxylic acids is 1. The monoisotopic (exact) mass is 420 g/mol. The molecular formula is C27H32O4. The zero-order valence-electron chi connectivity index (χ0n) is 18.4. The van der Waals surface area contributed by atoms with Gasteiger partial charge < -0.3 is 14.9 Å². The van der Waals surface area contributed by atoms with Crippen LogP contribution in [0.5, 0.6) is 0 Å². The van der Waals surface area contributed by atoms with Crippen molar-refractivity contribution in [3.8, 4) is 0 Å². The first-order valence-corrected chi connectivity index (χ1v) is 11.1. The average molecular weight is 421 g/mol. The van der Waals surface area contributed by atoms with E-state index in [-0.39, 0.29) is 29.8 Å². The van der Waals surface area contributed by atoms with E-state index in [1.807, 2.05) is 49.4 Å². The second kappa shape index (κ2) is 8.25. The predicted octanol–water partition coefficient (Wildman–Crippen LogP) is 4.81. The van der Waals surface area contributed by atoms with Crippen LogP contribution in [-0.4, -0.2) is 28.9 Å². The van der Waals surface area contributed by atoms with Crippen molar-refractivity contribution in [3.63, 3.8) is 0 Å². The van der Waals surface area contributed by atoms with Crippen molar-refractivity contribution in [2.24, 2.45) is 22.7 Å². The molecule has 5 atom stereocenters. The highest BCUT2D eigenvalue weighted by atomic mass is 16.5. The lowest BCUT2D eigenvalue weighted by Gasteiger charge is -2.59. The number of carbonyl (C=O) groups is 1. The van der Waals surface area contributed by atoms with Gasteiger partial charge in [0.1, 0.15) is 5.76 Å². The van der Waals surface area contributed by atoms with Crippen molar-refractivity contribution in [2.75, 3.05) is 6.61 Å². The molecule has 4 heteroatoms. The Hall–Kier alpha value is -2.43. The third-order valence-corrected chi connectivity index (χ3v) is 7.88. The van der Waals surface area contributed by atoms with Crippen LogP contribution in [0.25, 0.3) is 6.08 Å². The number of fused-ring (bicyclic) bond motifs is 1. The number of benzene rings is 1. The summed E-state index contributed by atoms with van der Waals surface area (Å²) in [5.74, 6) is 0.462. The Kier molecular flexibility index (Phi) is 5.80. The molecule has 1 heterocycles. The molecule has 0 spiro atoms. The molecule has 0 amide bonds. The number of hydrogen-bond acceptors (Lipinski definition) is 4. The minimum Gasteiger partial charge on any atom is -0.423 e. The van der Waals surface area contributed by atoms with Crippen molar-refractivity contribution < 1.29 is 19.7 Å². The molecule has 2 saturated carbocycles. The quantitative estimate of drug-likeness (QED) is 0.542. The number of cyclic esters (lactones) is 1. The molecule has 1 aliphatic heterocycles. The topological polar surface area (TPSA) is 66.8 Å². The van der Waals surface area contributed by atoms with Crippen LogP contribution >= 0.6 is 0 Å². The summed E-state index contributed by atoms with van der Waals surface area (Å²) in [6.07, 6.45) is 10.4. The van der Waals surface area contributed by atoms with E-state index in [4.69, 9.17) is 4.74 Å². The molecule has 3 aliphatic rings. The van der Waals surface area contributed by atoms with Crippen molar-refractivity contribution in [1.82, 2.24) is 0 Å². The van der Waals surface area contributed by atoms with Crippen molar-refractivity contribution in [2.45, 2.75) is 45.6 Å². The standard InChI is InChI=1S/C27H32O4/c1-18-9-12-23-26(2,14-13-24(29)27(23,3)17-28)22(18)11-10-20-16-21(31-25(20)30)15-19-7-5-4-6-8-19/h4-8,10-11,15-16,22-24,28-29H,1,9,12-14,17H2,2-3H3/b11-10+,21-15-/t22-,23+,24-,26+,27+/m1/s1. The lowest BCUT2D eigenvalue weighted by atomic mass is 9.46. The van der Waals surface area contributed by atoms with Crippen LogP contribution < -0.4 is 0 Å². The summed E-state index contributed by atoms with van der Waals surface area (Å²) in [6, 6.07) is 9.77. The molecule has 0 aromatic heterocycles. The van der Waals surface area contributed by atoms with E-state index in [0.29, 0.717) is 17.8 Å². The van der Waals surface area contributed by atoms with Gasteiger partial charge in [0.05, 0.1) is 18.3 Å². The van der Waals surface area contributed by atoms with Gasteiger partial charge in [-0.1, -0.05) is 68.5 Å². The first-order chi connectivity index (χ1) is 14.8. The van der Waals surface area contributed by atoms with Gasteiger partial charge in [-0.15, -0.1) is 0 Å². The Morgan fingerprint density at radius 2 is 1.97 bits per heavy atom. The third kappa shape index (κ3) is 3.83. The molecule has 2 fully saturated rings. The van der Waals surface area contributed by atoms with E-state index < -0.39 is 11.5 Å². The number of aliphatic hydroxyl groups excluding tert-OH is 2. The van der Waals surface area contributed by atoms with Gasteiger partial charge in [0, 0.05) is 11.3 Å². The summed E-state index contributed by atoms with van der Waals surface area (Å²) in [4.78, 5) is 12.4. The van der Waals surface area contributed by atoms with Gasteiger partial charge in [-0.2, -0.15) is 0 Å². The molecule has 4 rings (SSSR count). The molecule has 0 unspecified atom stereocenters. The van der Waals surface area contributed by atoms with Crippen LogP contribution in [0.15, 0.2) is 72.0 Å². The molecule has 4 nitrogen and oxygen atoms in total. The van der Waals surface area contributed by atoms with Gasteiger partial charge in [0.15, 0.2) is 0 Å². The van der Waals surface area contributed by atoms with Crippen molar-refractivity contribution in [3.05, 3.63) is 77.6 Å². The summed E-state index contributed by atoms with van der Waals surface area (Å²) in [7, 11) is 0. The van der Waals surface area contributed by atoms with E-state index in [2.05, 4.69) is 19.6 Å². The molecule has 2 N–H and O–H groups in total. The Labute approximate surface area is 184 Å². The molecule has 2 aliphatic carbocycles. The first kappa shape index (κ1) is 21.8. The second-order valence-corrected chi connectivity index (χ2v) is 9.76. The minimum absolute atomic E-state index is 0.0253. The molecule has 31 heavy (non-hydrogen) atoms. The second-order valence-electron chi connectivity index (χ2n) is 9.76. The molecule has 164 valence electrons. The van der Waals surface area contributed by atoms with Crippen LogP contribution in [0.3, 0.4) is 0 Å². The van der Waals surface area contributed by atoms with E-state index in [0.717, 1.165) is 30.4 Å². The van der Waals surface area contributed by atoms with Crippen LogP contribution in [0.1, 0.15) is 45.1 Å². The zero-order chi connectivity index (χ0) is 22.2. The smallest absolute Gasteiger partial charge is 0.343 e. The fraction of sp³-hybridized carbons (Fsp3) is 0.444. The number of esters is 1. The van der Waals surface area contributed by atoms with Crippen LogP contribution in [-0.2, 0) is 9.53 Å². The maximum Gasteiger partial charge on any atom is 0.343 e. The first-order valence-electron chi connectivity index (χ1n) is 11.1. The highest BCUT2D eigenvalue weighted by molar-refractivity contribution is 5.96. The predicted molar refractivity (Wildman–Crippen MR) is 122 cm³/mol. The Balaban J connectivity index is 1.60.